The third-order valence-electron chi connectivity index (χ3n) is 1.64. The second-order valence-electron chi connectivity index (χ2n) is 3.69. The molecule has 82 valence electrons. The Labute approximate surface area is 97.8 Å². The predicted molar refractivity (Wildman–Crippen MR) is 61.4 cm³/mol. The van der Waals surface area contributed by atoms with Crippen LogP contribution in [-0.4, -0.2) is 24.2 Å². The second kappa shape index (κ2) is 4.79. The summed E-state index contributed by atoms with van der Waals surface area (Å²) in [6.45, 7) is 4.52. The van der Waals surface area contributed by atoms with E-state index in [0.717, 1.165) is 0 Å². The molecule has 1 rings (SSSR count). The topological polar surface area (TPSA) is 57.9 Å². The summed E-state index contributed by atoms with van der Waals surface area (Å²) >= 11 is 7.00. The average molecular weight is 246 g/mol. The number of halogens is 1. The van der Waals surface area contributed by atoms with Crippen molar-refractivity contribution in [3.05, 3.63) is 10.0 Å². The number of ether oxygens (including phenoxy) is 1. The lowest BCUT2D eigenvalue weighted by Crippen LogP contribution is -2.35. The van der Waals surface area contributed by atoms with Crippen LogP contribution in [0.25, 0.3) is 0 Å². The minimum Gasteiger partial charge on any atom is -0.382 e. The van der Waals surface area contributed by atoms with E-state index in [9.17, 15) is 0 Å². The molecule has 0 aliphatic rings. The van der Waals surface area contributed by atoms with Crippen molar-refractivity contribution in [3.63, 3.8) is 0 Å². The van der Waals surface area contributed by atoms with Gasteiger partial charge in [0.05, 0.1) is 12.1 Å². The minimum atomic E-state index is -0.233. The van der Waals surface area contributed by atoms with E-state index in [1.807, 2.05) is 19.9 Å². The summed E-state index contributed by atoms with van der Waals surface area (Å²) in [4.78, 5) is 4.47. The first-order valence-electron chi connectivity index (χ1n) is 4.32. The third kappa shape index (κ3) is 3.34. The van der Waals surface area contributed by atoms with Crippen LogP contribution in [0.15, 0.2) is 0 Å². The molecule has 0 aliphatic heterocycles. The van der Waals surface area contributed by atoms with Gasteiger partial charge in [0.25, 0.3) is 0 Å². The quantitative estimate of drug-likeness (QED) is 0.886. The maximum absolute atomic E-state index is 8.72. The first kappa shape index (κ1) is 12.2. The van der Waals surface area contributed by atoms with Crippen LogP contribution in [0.2, 0.25) is 5.15 Å². The largest absolute Gasteiger partial charge is 0.382 e. The van der Waals surface area contributed by atoms with Crippen LogP contribution >= 0.6 is 22.9 Å². The summed E-state index contributed by atoms with van der Waals surface area (Å²) in [6.07, 6.45) is 0. The van der Waals surface area contributed by atoms with E-state index < -0.39 is 0 Å². The van der Waals surface area contributed by atoms with Gasteiger partial charge in [-0.1, -0.05) is 22.9 Å². The Bertz CT molecular complexity index is 383. The maximum Gasteiger partial charge on any atom is 0.185 e. The Morgan fingerprint density at radius 2 is 2.33 bits per heavy atom. The van der Waals surface area contributed by atoms with E-state index >= 15 is 0 Å². The average Bonchev–Trinajstić information content (AvgIpc) is 2.44. The molecule has 0 amide bonds. The maximum atomic E-state index is 8.72. The molecule has 0 saturated carbocycles. The van der Waals surface area contributed by atoms with Gasteiger partial charge >= 0.3 is 0 Å². The number of nitrogens with one attached hydrogen (secondary N) is 1. The molecule has 1 heterocycles. The van der Waals surface area contributed by atoms with Crippen LogP contribution in [0.3, 0.4) is 0 Å². The SMILES string of the molecule is COCC(C)(C)Nc1nc(Cl)c(C#N)s1. The molecule has 0 unspecified atom stereocenters. The van der Waals surface area contributed by atoms with Crippen molar-refractivity contribution in [2.24, 2.45) is 0 Å². The van der Waals surface area contributed by atoms with Crippen molar-refractivity contribution in [2.45, 2.75) is 19.4 Å². The Morgan fingerprint density at radius 1 is 1.67 bits per heavy atom. The Balaban J connectivity index is 2.77. The molecule has 0 atom stereocenters. The second-order valence-corrected chi connectivity index (χ2v) is 5.05. The molecule has 0 spiro atoms. The summed E-state index contributed by atoms with van der Waals surface area (Å²) in [6, 6.07) is 1.99. The fraction of sp³-hybridized carbons (Fsp3) is 0.556. The van der Waals surface area contributed by atoms with E-state index in [4.69, 9.17) is 21.6 Å². The van der Waals surface area contributed by atoms with Crippen LogP contribution in [0.1, 0.15) is 18.7 Å². The number of rotatable bonds is 4. The number of hydrogen-bond acceptors (Lipinski definition) is 5. The molecule has 0 aliphatic carbocycles. The molecule has 1 N–H and O–H groups in total. The van der Waals surface area contributed by atoms with Crippen molar-refractivity contribution in [1.29, 1.82) is 5.26 Å². The van der Waals surface area contributed by atoms with E-state index in [-0.39, 0.29) is 10.7 Å². The fourth-order valence-corrected chi connectivity index (χ4v) is 2.24. The van der Waals surface area contributed by atoms with Crippen LogP contribution in [0.4, 0.5) is 5.13 Å². The zero-order valence-corrected chi connectivity index (χ0v) is 10.4. The summed E-state index contributed by atoms with van der Waals surface area (Å²) in [5.74, 6) is 0. The van der Waals surface area contributed by atoms with E-state index in [1.54, 1.807) is 7.11 Å². The molecule has 0 saturated heterocycles. The van der Waals surface area contributed by atoms with Gasteiger partial charge < -0.3 is 10.1 Å². The minimum absolute atomic E-state index is 0.233. The Kier molecular flexibility index (Phi) is 3.91. The molecule has 0 radical (unpaired) electrons. The van der Waals surface area contributed by atoms with E-state index in [0.29, 0.717) is 16.6 Å². The van der Waals surface area contributed by atoms with Crippen molar-refractivity contribution in [3.8, 4) is 6.07 Å². The highest BCUT2D eigenvalue weighted by atomic mass is 35.5. The first-order chi connectivity index (χ1) is 6.98. The number of nitrogens with zero attached hydrogens (tertiary/aromatic N) is 2. The van der Waals surface area contributed by atoms with Gasteiger partial charge in [-0.3, -0.25) is 0 Å². The monoisotopic (exact) mass is 245 g/mol. The number of hydrogen-bond donors (Lipinski definition) is 1. The summed E-state index contributed by atoms with van der Waals surface area (Å²) < 4.78 is 5.06. The van der Waals surface area contributed by atoms with Crippen LogP contribution in [-0.2, 0) is 4.74 Å². The molecule has 6 heteroatoms. The predicted octanol–water partition coefficient (Wildman–Crippen LogP) is 2.51. The van der Waals surface area contributed by atoms with Crippen molar-refractivity contribution in [2.75, 3.05) is 19.0 Å². The lowest BCUT2D eigenvalue weighted by atomic mass is 10.1. The van der Waals surface area contributed by atoms with Gasteiger partial charge in [0.15, 0.2) is 10.3 Å². The van der Waals surface area contributed by atoms with Crippen LogP contribution < -0.4 is 5.32 Å². The van der Waals surface area contributed by atoms with Gasteiger partial charge in [-0.05, 0) is 13.8 Å². The zero-order valence-electron chi connectivity index (χ0n) is 8.80. The number of thiazole rings is 1. The summed E-state index contributed by atoms with van der Waals surface area (Å²) in [7, 11) is 1.64. The summed E-state index contributed by atoms with van der Waals surface area (Å²) in [5, 5.41) is 12.8. The lowest BCUT2D eigenvalue weighted by molar-refractivity contribution is 0.158. The van der Waals surface area contributed by atoms with Gasteiger partial charge in [-0.15, -0.1) is 0 Å². The van der Waals surface area contributed by atoms with Crippen LogP contribution in [0.5, 0.6) is 0 Å². The molecule has 1 aromatic rings. The molecule has 1 aromatic heterocycles. The highest BCUT2D eigenvalue weighted by Crippen LogP contribution is 2.27. The first-order valence-corrected chi connectivity index (χ1v) is 5.51. The van der Waals surface area contributed by atoms with E-state index in [1.165, 1.54) is 11.3 Å². The van der Waals surface area contributed by atoms with Crippen LogP contribution in [0, 0.1) is 11.3 Å². The van der Waals surface area contributed by atoms with E-state index in [2.05, 4.69) is 10.3 Å². The Morgan fingerprint density at radius 3 is 2.80 bits per heavy atom. The molecule has 15 heavy (non-hydrogen) atoms. The number of nitriles is 1. The molecule has 0 fully saturated rings. The lowest BCUT2D eigenvalue weighted by Gasteiger charge is -2.24. The van der Waals surface area contributed by atoms with Crippen molar-refractivity contribution in [1.82, 2.24) is 4.98 Å². The standard InChI is InChI=1S/C9H12ClN3OS/c1-9(2,5-14-3)13-8-12-7(10)6(4-11)15-8/h5H2,1-3H3,(H,12,13). The molecule has 0 aromatic carbocycles. The molecular weight excluding hydrogens is 234 g/mol. The van der Waals surface area contributed by atoms with Crippen molar-refractivity contribution >= 4 is 28.1 Å². The third-order valence-corrected chi connectivity index (χ3v) is 2.90. The van der Waals surface area contributed by atoms with Gasteiger partial charge in [0.2, 0.25) is 0 Å². The highest BCUT2D eigenvalue weighted by molar-refractivity contribution is 7.16. The van der Waals surface area contributed by atoms with Gasteiger partial charge in [0.1, 0.15) is 10.9 Å². The smallest absolute Gasteiger partial charge is 0.185 e. The Hall–Kier alpha value is -0.830. The van der Waals surface area contributed by atoms with Gasteiger partial charge in [-0.25, -0.2) is 4.98 Å². The summed E-state index contributed by atoms with van der Waals surface area (Å²) in [5.41, 5.74) is -0.233. The number of methoxy groups -OCH3 is 1. The van der Waals surface area contributed by atoms with Crippen molar-refractivity contribution < 1.29 is 4.74 Å². The molecule has 4 nitrogen and oxygen atoms in total. The molecular formula is C9H12ClN3OS. The fourth-order valence-electron chi connectivity index (χ4n) is 1.11. The number of aromatic nitrogens is 1. The van der Waals surface area contributed by atoms with Gasteiger partial charge in [-0.2, -0.15) is 5.26 Å². The number of anilines is 1. The normalized spacial score (nSPS) is 11.1. The van der Waals surface area contributed by atoms with Gasteiger partial charge in [0, 0.05) is 7.11 Å². The zero-order chi connectivity index (χ0) is 11.5. The molecule has 0 bridgehead atoms. The highest BCUT2D eigenvalue weighted by Gasteiger charge is 2.20.